The third-order valence-corrected chi connectivity index (χ3v) is 2.64. The number of benzene rings is 1. The molecule has 5 nitrogen and oxygen atoms in total. The Labute approximate surface area is 102 Å². The van der Waals surface area contributed by atoms with E-state index in [1.807, 2.05) is 0 Å². The van der Waals surface area contributed by atoms with Crippen molar-refractivity contribution in [2.24, 2.45) is 0 Å². The van der Waals surface area contributed by atoms with Crippen molar-refractivity contribution >= 4 is 32.9 Å². The maximum absolute atomic E-state index is 12.0. The average molecular weight is 307 g/mol. The van der Waals surface area contributed by atoms with E-state index in [0.29, 0.717) is 4.47 Å². The van der Waals surface area contributed by atoms with E-state index in [2.05, 4.69) is 30.6 Å². The number of aromatic nitrogens is 2. The van der Waals surface area contributed by atoms with Gasteiger partial charge in [-0.2, -0.15) is 13.8 Å². The van der Waals surface area contributed by atoms with Crippen LogP contribution in [0, 0.1) is 0 Å². The van der Waals surface area contributed by atoms with Gasteiger partial charge in [-0.15, -0.1) is 0 Å². The minimum Gasteiger partial charge on any atom is -0.478 e. The Morgan fingerprint density at radius 1 is 1.53 bits per heavy atom. The Morgan fingerprint density at radius 3 is 2.82 bits per heavy atom. The van der Waals surface area contributed by atoms with Crippen LogP contribution in [0.4, 0.5) is 8.78 Å². The molecular formula is C9H5BrF2N2O3. The number of carbonyl (C=O) groups is 1. The molecule has 0 unspecified atom stereocenters. The van der Waals surface area contributed by atoms with Crippen molar-refractivity contribution in [3.63, 3.8) is 0 Å². The monoisotopic (exact) mass is 306 g/mol. The lowest BCUT2D eigenvalue weighted by molar-refractivity contribution is -0.0553. The number of nitrogens with one attached hydrogen (secondary N) is 1. The Bertz CT molecular complexity index is 585. The van der Waals surface area contributed by atoms with Gasteiger partial charge < -0.3 is 14.8 Å². The average Bonchev–Trinajstić information content (AvgIpc) is 2.60. The van der Waals surface area contributed by atoms with Crippen LogP contribution >= 0.6 is 15.9 Å². The van der Waals surface area contributed by atoms with Gasteiger partial charge in [0.1, 0.15) is 5.52 Å². The molecular weight excluding hydrogens is 302 g/mol. The number of H-pyrrole nitrogens is 1. The summed E-state index contributed by atoms with van der Waals surface area (Å²) in [5.74, 6) is -1.19. The molecule has 0 saturated carbocycles. The second-order valence-corrected chi connectivity index (χ2v) is 3.90. The molecule has 2 N–H and O–H groups in total. The summed E-state index contributed by atoms with van der Waals surface area (Å²) in [6.07, 6.45) is 0. The van der Waals surface area contributed by atoms with Crippen molar-refractivity contribution in [3.8, 4) is 6.01 Å². The van der Waals surface area contributed by atoms with E-state index in [1.165, 1.54) is 12.1 Å². The molecule has 0 aliphatic heterocycles. The van der Waals surface area contributed by atoms with Crippen LogP contribution in [-0.2, 0) is 0 Å². The third kappa shape index (κ3) is 2.21. The number of hydrogen-bond acceptors (Lipinski definition) is 3. The van der Waals surface area contributed by atoms with Crippen LogP contribution in [0.3, 0.4) is 0 Å². The smallest absolute Gasteiger partial charge is 0.389 e. The predicted octanol–water partition coefficient (Wildman–Crippen LogP) is 2.62. The van der Waals surface area contributed by atoms with Gasteiger partial charge in [0, 0.05) is 4.47 Å². The first-order valence-corrected chi connectivity index (χ1v) is 5.14. The third-order valence-electron chi connectivity index (χ3n) is 2.01. The van der Waals surface area contributed by atoms with Crippen LogP contribution in [0.1, 0.15) is 10.4 Å². The largest absolute Gasteiger partial charge is 0.478 e. The number of nitrogens with zero attached hydrogens (tertiary/aromatic N) is 1. The quantitative estimate of drug-likeness (QED) is 0.914. The maximum atomic E-state index is 12.0. The van der Waals surface area contributed by atoms with Gasteiger partial charge in [-0.05, 0) is 28.1 Å². The van der Waals surface area contributed by atoms with Gasteiger partial charge in [0.2, 0.25) is 0 Å². The van der Waals surface area contributed by atoms with Crippen LogP contribution in [0.25, 0.3) is 11.0 Å². The number of hydrogen-bond donors (Lipinski definition) is 2. The van der Waals surface area contributed by atoms with Gasteiger partial charge in [-0.25, -0.2) is 4.79 Å². The summed E-state index contributed by atoms with van der Waals surface area (Å²) in [5.41, 5.74) is 0.280. The molecule has 2 aromatic rings. The van der Waals surface area contributed by atoms with Crippen molar-refractivity contribution in [1.82, 2.24) is 9.97 Å². The zero-order valence-electron chi connectivity index (χ0n) is 8.08. The van der Waals surface area contributed by atoms with E-state index >= 15 is 0 Å². The molecule has 0 atom stereocenters. The lowest BCUT2D eigenvalue weighted by Crippen LogP contribution is -2.03. The first-order valence-electron chi connectivity index (χ1n) is 4.35. The maximum Gasteiger partial charge on any atom is 0.389 e. The first-order chi connectivity index (χ1) is 7.99. The molecule has 0 bridgehead atoms. The van der Waals surface area contributed by atoms with Gasteiger partial charge >= 0.3 is 12.6 Å². The topological polar surface area (TPSA) is 75.2 Å². The molecule has 8 heteroatoms. The highest BCUT2D eigenvalue weighted by Gasteiger charge is 2.17. The molecule has 0 spiro atoms. The number of ether oxygens (including phenoxy) is 1. The molecule has 0 saturated heterocycles. The highest BCUT2D eigenvalue weighted by atomic mass is 79.9. The van der Waals surface area contributed by atoms with E-state index in [1.54, 1.807) is 0 Å². The van der Waals surface area contributed by atoms with Gasteiger partial charge in [0.15, 0.2) is 0 Å². The first kappa shape index (κ1) is 11.8. The highest BCUT2D eigenvalue weighted by Crippen LogP contribution is 2.27. The van der Waals surface area contributed by atoms with Crippen LogP contribution in [0.2, 0.25) is 0 Å². The fourth-order valence-electron chi connectivity index (χ4n) is 1.36. The molecule has 17 heavy (non-hydrogen) atoms. The number of aromatic carboxylic acids is 1. The van der Waals surface area contributed by atoms with E-state index < -0.39 is 18.6 Å². The van der Waals surface area contributed by atoms with Crippen molar-refractivity contribution in [2.45, 2.75) is 6.61 Å². The number of alkyl halides is 2. The Kier molecular flexibility index (Phi) is 2.97. The van der Waals surface area contributed by atoms with E-state index in [-0.39, 0.29) is 16.6 Å². The summed E-state index contributed by atoms with van der Waals surface area (Å²) in [7, 11) is 0. The second kappa shape index (κ2) is 4.28. The van der Waals surface area contributed by atoms with Crippen molar-refractivity contribution in [2.75, 3.05) is 0 Å². The molecule has 0 fully saturated rings. The van der Waals surface area contributed by atoms with Crippen LogP contribution in [0.5, 0.6) is 6.01 Å². The number of imidazole rings is 1. The zero-order valence-corrected chi connectivity index (χ0v) is 9.66. The molecule has 0 radical (unpaired) electrons. The fourth-order valence-corrected chi connectivity index (χ4v) is 1.78. The molecule has 1 heterocycles. The standard InChI is InChI=1S/C9H5BrF2N2O3/c10-4-2-1-3(7(15)16)5-6(4)14-9(13-5)17-8(11)12/h1-2,8H,(H,13,14)(H,15,16). The lowest BCUT2D eigenvalue weighted by atomic mass is 10.2. The van der Waals surface area contributed by atoms with E-state index in [0.717, 1.165) is 0 Å². The summed E-state index contributed by atoms with van der Waals surface area (Å²) in [4.78, 5) is 17.0. The van der Waals surface area contributed by atoms with Gasteiger partial charge in [0.25, 0.3) is 6.01 Å². The van der Waals surface area contributed by atoms with Crippen LogP contribution in [0.15, 0.2) is 16.6 Å². The Balaban J connectivity index is 2.61. The molecule has 0 aliphatic carbocycles. The van der Waals surface area contributed by atoms with E-state index in [9.17, 15) is 13.6 Å². The van der Waals surface area contributed by atoms with Crippen molar-refractivity contribution < 1.29 is 23.4 Å². The zero-order chi connectivity index (χ0) is 12.6. The summed E-state index contributed by atoms with van der Waals surface area (Å²) < 4.78 is 28.6. The molecule has 1 aromatic heterocycles. The number of aromatic amines is 1. The van der Waals surface area contributed by atoms with Crippen molar-refractivity contribution in [1.29, 1.82) is 0 Å². The molecule has 2 rings (SSSR count). The predicted molar refractivity (Wildman–Crippen MR) is 57.4 cm³/mol. The van der Waals surface area contributed by atoms with Gasteiger partial charge in [-0.3, -0.25) is 0 Å². The van der Waals surface area contributed by atoms with Crippen molar-refractivity contribution in [3.05, 3.63) is 22.2 Å². The molecule has 0 amide bonds. The summed E-state index contributed by atoms with van der Waals surface area (Å²) in [6.45, 7) is -3.03. The Morgan fingerprint density at radius 2 is 2.24 bits per heavy atom. The van der Waals surface area contributed by atoms with E-state index in [4.69, 9.17) is 5.11 Å². The highest BCUT2D eigenvalue weighted by molar-refractivity contribution is 9.10. The summed E-state index contributed by atoms with van der Waals surface area (Å²) in [5, 5.41) is 8.91. The van der Waals surface area contributed by atoms with Crippen LogP contribution in [-0.4, -0.2) is 27.7 Å². The number of halogens is 3. The minimum absolute atomic E-state index is 0.0696. The summed E-state index contributed by atoms with van der Waals surface area (Å²) in [6, 6.07) is 2.38. The van der Waals surface area contributed by atoms with Gasteiger partial charge in [-0.1, -0.05) is 0 Å². The van der Waals surface area contributed by atoms with Gasteiger partial charge in [0.05, 0.1) is 11.1 Å². The number of fused-ring (bicyclic) bond motifs is 1. The molecule has 90 valence electrons. The van der Waals surface area contributed by atoms with Crippen LogP contribution < -0.4 is 4.74 Å². The number of carboxylic acid groups (broad SMARTS) is 1. The SMILES string of the molecule is O=C(O)c1ccc(Br)c2nc(OC(F)F)[nH]c12. The minimum atomic E-state index is -3.03. The normalized spacial score (nSPS) is 11.1. The second-order valence-electron chi connectivity index (χ2n) is 3.04. The Hall–Kier alpha value is -1.70. The molecule has 1 aromatic carbocycles. The number of rotatable bonds is 3. The number of carboxylic acids is 1. The molecule has 0 aliphatic rings. The summed E-state index contributed by atoms with van der Waals surface area (Å²) >= 11 is 3.14. The lowest BCUT2D eigenvalue weighted by Gasteiger charge is -1.97. The fraction of sp³-hybridized carbons (Fsp3) is 0.111.